The highest BCUT2D eigenvalue weighted by Gasteiger charge is 2.27. The van der Waals surface area contributed by atoms with Crippen LogP contribution in [0.5, 0.6) is 0 Å². The van der Waals surface area contributed by atoms with E-state index in [-0.39, 0.29) is 11.9 Å². The number of nitrogens with one attached hydrogen (secondary N) is 1. The molecule has 0 radical (unpaired) electrons. The lowest BCUT2D eigenvalue weighted by atomic mass is 10.0. The van der Waals surface area contributed by atoms with Gasteiger partial charge < -0.3 is 4.90 Å². The number of aromatic nitrogens is 5. The van der Waals surface area contributed by atoms with Gasteiger partial charge in [0.25, 0.3) is 5.91 Å². The second-order valence-corrected chi connectivity index (χ2v) is 6.86. The summed E-state index contributed by atoms with van der Waals surface area (Å²) in [5.41, 5.74) is 4.36. The second-order valence-electron chi connectivity index (χ2n) is 6.86. The molecule has 1 aliphatic rings. The molecule has 4 rings (SSSR count). The quantitative estimate of drug-likeness (QED) is 0.779. The van der Waals surface area contributed by atoms with Crippen LogP contribution in [0.3, 0.4) is 0 Å². The van der Waals surface area contributed by atoms with Gasteiger partial charge in [0.1, 0.15) is 0 Å². The lowest BCUT2D eigenvalue weighted by Gasteiger charge is -2.33. The summed E-state index contributed by atoms with van der Waals surface area (Å²) in [6.45, 7) is 7.47. The Morgan fingerprint density at radius 2 is 2.12 bits per heavy atom. The van der Waals surface area contributed by atoms with E-state index in [0.717, 1.165) is 41.9 Å². The Morgan fingerprint density at radius 3 is 2.88 bits per heavy atom. The highest BCUT2D eigenvalue weighted by Crippen LogP contribution is 2.25. The summed E-state index contributed by atoms with van der Waals surface area (Å²) in [6.07, 6.45) is 3.65. The Bertz CT molecular complexity index is 940. The number of hydrogen-bond donors (Lipinski definition) is 1. The summed E-state index contributed by atoms with van der Waals surface area (Å²) >= 11 is 0. The number of pyridine rings is 1. The third-order valence-corrected chi connectivity index (χ3v) is 4.92. The van der Waals surface area contributed by atoms with Crippen molar-refractivity contribution in [1.82, 2.24) is 29.9 Å². The number of piperidine rings is 1. The molecule has 0 saturated carbocycles. The number of nitrogens with zero attached hydrogens (tertiary/aromatic N) is 5. The molecular formula is C18H22N6O. The van der Waals surface area contributed by atoms with E-state index in [1.165, 1.54) is 0 Å². The zero-order valence-corrected chi connectivity index (χ0v) is 14.8. The number of fused-ring (bicyclic) bond motifs is 1. The minimum atomic E-state index is 0.0289. The van der Waals surface area contributed by atoms with Gasteiger partial charge in [0.05, 0.1) is 17.3 Å². The monoisotopic (exact) mass is 338 g/mol. The Hall–Kier alpha value is -2.70. The zero-order valence-electron chi connectivity index (χ0n) is 14.8. The molecule has 3 aromatic rings. The van der Waals surface area contributed by atoms with Crippen LogP contribution in [0.4, 0.5) is 0 Å². The molecule has 25 heavy (non-hydrogen) atoms. The third-order valence-electron chi connectivity index (χ3n) is 4.92. The van der Waals surface area contributed by atoms with Crippen molar-refractivity contribution in [2.75, 3.05) is 13.1 Å². The lowest BCUT2D eigenvalue weighted by molar-refractivity contribution is 0.0671. The molecule has 0 unspecified atom stereocenters. The van der Waals surface area contributed by atoms with E-state index >= 15 is 0 Å². The summed E-state index contributed by atoms with van der Waals surface area (Å²) in [4.78, 5) is 19.2. The average molecular weight is 338 g/mol. The van der Waals surface area contributed by atoms with E-state index in [9.17, 15) is 4.79 Å². The van der Waals surface area contributed by atoms with Gasteiger partial charge in [0.2, 0.25) is 0 Å². The summed E-state index contributed by atoms with van der Waals surface area (Å²) in [7, 11) is 0. The predicted molar refractivity (Wildman–Crippen MR) is 94.5 cm³/mol. The van der Waals surface area contributed by atoms with E-state index in [4.69, 9.17) is 0 Å². The number of carbonyl (C=O) groups is 1. The van der Waals surface area contributed by atoms with Gasteiger partial charge in [0, 0.05) is 36.1 Å². The van der Waals surface area contributed by atoms with Crippen molar-refractivity contribution in [2.24, 2.45) is 0 Å². The van der Waals surface area contributed by atoms with E-state index in [0.29, 0.717) is 17.8 Å². The van der Waals surface area contributed by atoms with E-state index in [2.05, 4.69) is 38.0 Å². The van der Waals surface area contributed by atoms with Crippen LogP contribution < -0.4 is 0 Å². The first-order chi connectivity index (χ1) is 12.0. The molecule has 4 heterocycles. The fourth-order valence-corrected chi connectivity index (χ4v) is 3.67. The molecule has 0 bridgehead atoms. The first-order valence-electron chi connectivity index (χ1n) is 8.65. The van der Waals surface area contributed by atoms with Gasteiger partial charge in [-0.1, -0.05) is 0 Å². The molecule has 130 valence electrons. The Balaban J connectivity index is 1.58. The lowest BCUT2D eigenvalue weighted by Crippen LogP contribution is -2.41. The molecule has 1 amide bonds. The van der Waals surface area contributed by atoms with Crippen molar-refractivity contribution in [3.05, 3.63) is 41.0 Å². The molecule has 7 nitrogen and oxygen atoms in total. The molecule has 0 aromatic carbocycles. The number of rotatable bonds is 2. The van der Waals surface area contributed by atoms with Crippen LogP contribution in [0.15, 0.2) is 18.3 Å². The smallest absolute Gasteiger partial charge is 0.255 e. The zero-order chi connectivity index (χ0) is 17.6. The SMILES string of the molecule is Cc1cc(C)n([C@H]2CCCN(C(=O)c3cnc4n[nH]c(C)c4c3)C2)n1. The number of likely N-dealkylation sites (tertiary alicyclic amines) is 1. The number of aromatic amines is 1. The van der Waals surface area contributed by atoms with Crippen LogP contribution >= 0.6 is 0 Å². The van der Waals surface area contributed by atoms with E-state index < -0.39 is 0 Å². The maximum atomic E-state index is 13.0. The minimum Gasteiger partial charge on any atom is -0.336 e. The van der Waals surface area contributed by atoms with Crippen LogP contribution in [-0.2, 0) is 0 Å². The second kappa shape index (κ2) is 5.98. The highest BCUT2D eigenvalue weighted by molar-refractivity contribution is 5.97. The van der Waals surface area contributed by atoms with Crippen molar-refractivity contribution >= 4 is 16.9 Å². The van der Waals surface area contributed by atoms with Gasteiger partial charge in [-0.3, -0.25) is 14.6 Å². The fourth-order valence-electron chi connectivity index (χ4n) is 3.67. The average Bonchev–Trinajstić information content (AvgIpc) is 3.16. The minimum absolute atomic E-state index is 0.0289. The van der Waals surface area contributed by atoms with Gasteiger partial charge in [0.15, 0.2) is 5.65 Å². The third kappa shape index (κ3) is 2.79. The largest absolute Gasteiger partial charge is 0.336 e. The van der Waals surface area contributed by atoms with E-state index in [1.807, 2.05) is 24.8 Å². The van der Waals surface area contributed by atoms with Crippen molar-refractivity contribution in [1.29, 1.82) is 0 Å². The highest BCUT2D eigenvalue weighted by atomic mass is 16.2. The first kappa shape index (κ1) is 15.8. The summed E-state index contributed by atoms with van der Waals surface area (Å²) in [5, 5.41) is 12.5. The maximum absolute atomic E-state index is 13.0. The molecule has 7 heteroatoms. The number of amides is 1. The molecule has 1 fully saturated rings. The van der Waals surface area contributed by atoms with Gasteiger partial charge in [-0.15, -0.1) is 0 Å². The van der Waals surface area contributed by atoms with Crippen LogP contribution in [0.25, 0.3) is 11.0 Å². The van der Waals surface area contributed by atoms with Crippen molar-refractivity contribution < 1.29 is 4.79 Å². The molecule has 1 aliphatic heterocycles. The number of aryl methyl sites for hydroxylation is 3. The standard InChI is InChI=1S/C18H22N6O/c1-11-7-12(2)24(22-11)15-5-4-6-23(10-15)18(25)14-8-16-13(3)20-21-17(16)19-9-14/h7-9,15H,4-6,10H2,1-3H3,(H,19,20,21)/t15-/m0/s1. The first-order valence-corrected chi connectivity index (χ1v) is 8.65. The summed E-state index contributed by atoms with van der Waals surface area (Å²) in [6, 6.07) is 4.20. The Morgan fingerprint density at radius 1 is 1.28 bits per heavy atom. The Kier molecular flexibility index (Phi) is 3.78. The summed E-state index contributed by atoms with van der Waals surface area (Å²) < 4.78 is 2.07. The molecule has 1 atom stereocenters. The van der Waals surface area contributed by atoms with Gasteiger partial charge in [-0.2, -0.15) is 10.2 Å². The van der Waals surface area contributed by atoms with Crippen LogP contribution in [0.1, 0.15) is 46.3 Å². The van der Waals surface area contributed by atoms with Crippen LogP contribution in [0.2, 0.25) is 0 Å². The fraction of sp³-hybridized carbons (Fsp3) is 0.444. The van der Waals surface area contributed by atoms with Crippen molar-refractivity contribution in [3.8, 4) is 0 Å². The maximum Gasteiger partial charge on any atom is 0.255 e. The number of hydrogen-bond acceptors (Lipinski definition) is 4. The number of carbonyl (C=O) groups excluding carboxylic acids is 1. The normalized spacial score (nSPS) is 18.0. The topological polar surface area (TPSA) is 79.7 Å². The van der Waals surface area contributed by atoms with Gasteiger partial charge in [-0.25, -0.2) is 4.98 Å². The predicted octanol–water partition coefficient (Wildman–Crippen LogP) is 2.56. The van der Waals surface area contributed by atoms with Crippen molar-refractivity contribution in [3.63, 3.8) is 0 Å². The molecule has 1 N–H and O–H groups in total. The van der Waals surface area contributed by atoms with Crippen molar-refractivity contribution in [2.45, 2.75) is 39.7 Å². The Labute approximate surface area is 146 Å². The van der Waals surface area contributed by atoms with Gasteiger partial charge >= 0.3 is 0 Å². The molecular weight excluding hydrogens is 316 g/mol. The molecule has 1 saturated heterocycles. The van der Waals surface area contributed by atoms with E-state index in [1.54, 1.807) is 6.20 Å². The molecule has 3 aromatic heterocycles. The molecule has 0 spiro atoms. The van der Waals surface area contributed by atoms with Crippen LogP contribution in [0, 0.1) is 20.8 Å². The van der Waals surface area contributed by atoms with Crippen LogP contribution in [-0.4, -0.2) is 48.9 Å². The summed E-state index contributed by atoms with van der Waals surface area (Å²) in [5.74, 6) is 0.0289. The molecule has 0 aliphatic carbocycles. The number of H-pyrrole nitrogens is 1. The van der Waals surface area contributed by atoms with Gasteiger partial charge in [-0.05, 0) is 45.7 Å².